The zero-order valence-corrected chi connectivity index (χ0v) is 13.5. The number of aliphatic imine (C=N–C) groups is 1. The van der Waals surface area contributed by atoms with Crippen molar-refractivity contribution in [2.24, 2.45) is 4.99 Å². The lowest BCUT2D eigenvalue weighted by molar-refractivity contribution is 0.279. The summed E-state index contributed by atoms with van der Waals surface area (Å²) in [7, 11) is 0. The molecule has 0 saturated heterocycles. The lowest BCUT2D eigenvalue weighted by Gasteiger charge is -2.11. The molecule has 0 amide bonds. The van der Waals surface area contributed by atoms with Crippen LogP contribution in [0.4, 0.5) is 0 Å². The number of hydrogen-bond acceptors (Lipinski definition) is 3. The lowest BCUT2D eigenvalue weighted by atomic mass is 9.95. The highest BCUT2D eigenvalue weighted by atomic mass is 16.5. The zero-order chi connectivity index (χ0) is 16.3. The van der Waals surface area contributed by atoms with Crippen LogP contribution in [0.5, 0.6) is 0 Å². The molecule has 0 unspecified atom stereocenters. The van der Waals surface area contributed by atoms with Crippen molar-refractivity contribution < 1.29 is 4.74 Å². The third kappa shape index (κ3) is 3.43. The van der Waals surface area contributed by atoms with Crippen LogP contribution in [0.25, 0.3) is 0 Å². The topological polar surface area (TPSA) is 45.4 Å². The SMILES string of the molecule is CC1(C)COC(c2cccc(C#N)c2CCc2ccccc2)=N1. The molecule has 0 atom stereocenters. The Labute approximate surface area is 137 Å². The van der Waals surface area contributed by atoms with Crippen LogP contribution in [0.15, 0.2) is 53.5 Å². The van der Waals surface area contributed by atoms with Gasteiger partial charge in [0.05, 0.1) is 17.2 Å². The second-order valence-electron chi connectivity index (χ2n) is 6.45. The van der Waals surface area contributed by atoms with Gasteiger partial charge in [-0.05, 0) is 49.9 Å². The van der Waals surface area contributed by atoms with E-state index in [1.54, 1.807) is 0 Å². The average molecular weight is 304 g/mol. The zero-order valence-electron chi connectivity index (χ0n) is 13.5. The minimum absolute atomic E-state index is 0.200. The maximum atomic E-state index is 9.45. The molecule has 2 aromatic rings. The summed E-state index contributed by atoms with van der Waals surface area (Å²) >= 11 is 0. The Morgan fingerprint density at radius 3 is 2.52 bits per heavy atom. The molecule has 0 spiro atoms. The standard InChI is InChI=1S/C20H20N2O/c1-20(2)14-23-19(22-20)18-10-6-9-16(13-21)17(18)12-11-15-7-4-3-5-8-15/h3-10H,11-12,14H2,1-2H3. The summed E-state index contributed by atoms with van der Waals surface area (Å²) in [4.78, 5) is 4.67. The summed E-state index contributed by atoms with van der Waals surface area (Å²) in [5.41, 5.74) is 3.74. The van der Waals surface area contributed by atoms with Crippen LogP contribution in [-0.4, -0.2) is 18.0 Å². The van der Waals surface area contributed by atoms with E-state index in [0.29, 0.717) is 18.1 Å². The van der Waals surface area contributed by atoms with E-state index in [9.17, 15) is 5.26 Å². The summed E-state index contributed by atoms with van der Waals surface area (Å²) in [6, 6.07) is 18.4. The summed E-state index contributed by atoms with van der Waals surface area (Å²) in [5, 5.41) is 9.45. The molecule has 3 heteroatoms. The van der Waals surface area contributed by atoms with Crippen LogP contribution in [0.2, 0.25) is 0 Å². The molecule has 1 aliphatic heterocycles. The van der Waals surface area contributed by atoms with Gasteiger partial charge in [-0.25, -0.2) is 4.99 Å². The van der Waals surface area contributed by atoms with Crippen molar-refractivity contribution in [2.45, 2.75) is 32.2 Å². The number of hydrogen-bond donors (Lipinski definition) is 0. The van der Waals surface area contributed by atoms with Gasteiger partial charge in [-0.3, -0.25) is 0 Å². The van der Waals surface area contributed by atoms with Crippen molar-refractivity contribution in [3.63, 3.8) is 0 Å². The van der Waals surface area contributed by atoms with E-state index in [0.717, 1.165) is 24.0 Å². The Morgan fingerprint density at radius 1 is 1.09 bits per heavy atom. The molecule has 0 aliphatic carbocycles. The number of nitriles is 1. The fourth-order valence-corrected chi connectivity index (χ4v) is 2.80. The molecule has 3 rings (SSSR count). The fraction of sp³-hybridized carbons (Fsp3) is 0.300. The van der Waals surface area contributed by atoms with Crippen LogP contribution < -0.4 is 0 Å². The van der Waals surface area contributed by atoms with E-state index in [2.05, 4.69) is 37.0 Å². The molecule has 0 saturated carbocycles. The van der Waals surface area contributed by atoms with Crippen molar-refractivity contribution in [1.29, 1.82) is 5.26 Å². The predicted molar refractivity (Wildman–Crippen MR) is 91.6 cm³/mol. The van der Waals surface area contributed by atoms with E-state index >= 15 is 0 Å². The molecular formula is C20H20N2O. The van der Waals surface area contributed by atoms with E-state index in [-0.39, 0.29) is 5.54 Å². The van der Waals surface area contributed by atoms with Gasteiger partial charge in [0.2, 0.25) is 5.90 Å². The first-order valence-corrected chi connectivity index (χ1v) is 7.88. The van der Waals surface area contributed by atoms with Gasteiger partial charge >= 0.3 is 0 Å². The Balaban J connectivity index is 1.93. The number of aryl methyl sites for hydroxylation is 1. The van der Waals surface area contributed by atoms with Gasteiger partial charge in [0.1, 0.15) is 6.61 Å². The van der Waals surface area contributed by atoms with Gasteiger partial charge in [-0.2, -0.15) is 5.26 Å². The Bertz CT molecular complexity index is 770. The monoisotopic (exact) mass is 304 g/mol. The minimum Gasteiger partial charge on any atom is -0.475 e. The van der Waals surface area contributed by atoms with Gasteiger partial charge in [0.25, 0.3) is 0 Å². The largest absolute Gasteiger partial charge is 0.475 e. The van der Waals surface area contributed by atoms with Gasteiger partial charge in [-0.1, -0.05) is 36.4 Å². The van der Waals surface area contributed by atoms with E-state index < -0.39 is 0 Å². The summed E-state index contributed by atoms with van der Waals surface area (Å²) < 4.78 is 5.79. The molecule has 0 aromatic heterocycles. The van der Waals surface area contributed by atoms with Gasteiger partial charge in [-0.15, -0.1) is 0 Å². The van der Waals surface area contributed by atoms with Gasteiger partial charge < -0.3 is 4.74 Å². The Morgan fingerprint density at radius 2 is 1.87 bits per heavy atom. The maximum absolute atomic E-state index is 9.45. The smallest absolute Gasteiger partial charge is 0.217 e. The highest BCUT2D eigenvalue weighted by Crippen LogP contribution is 2.25. The summed E-state index contributed by atoms with van der Waals surface area (Å²) in [6.45, 7) is 4.69. The number of rotatable bonds is 4. The van der Waals surface area contributed by atoms with Crippen molar-refractivity contribution in [2.75, 3.05) is 6.61 Å². The van der Waals surface area contributed by atoms with Crippen LogP contribution in [0, 0.1) is 11.3 Å². The Hall–Kier alpha value is -2.60. The van der Waals surface area contributed by atoms with Crippen molar-refractivity contribution in [3.8, 4) is 6.07 Å². The van der Waals surface area contributed by atoms with Crippen LogP contribution in [0.3, 0.4) is 0 Å². The molecule has 116 valence electrons. The van der Waals surface area contributed by atoms with Crippen LogP contribution in [-0.2, 0) is 17.6 Å². The molecule has 1 heterocycles. The van der Waals surface area contributed by atoms with E-state index in [1.165, 1.54) is 5.56 Å². The number of benzene rings is 2. The van der Waals surface area contributed by atoms with Crippen LogP contribution in [0.1, 0.15) is 36.1 Å². The first-order valence-electron chi connectivity index (χ1n) is 7.88. The third-order valence-electron chi connectivity index (χ3n) is 4.00. The minimum atomic E-state index is -0.200. The normalized spacial score (nSPS) is 15.6. The molecule has 0 N–H and O–H groups in total. The van der Waals surface area contributed by atoms with E-state index in [1.807, 2.05) is 36.4 Å². The molecule has 3 nitrogen and oxygen atoms in total. The van der Waals surface area contributed by atoms with Crippen LogP contribution >= 0.6 is 0 Å². The predicted octanol–water partition coefficient (Wildman–Crippen LogP) is 3.90. The fourth-order valence-electron chi connectivity index (χ4n) is 2.80. The lowest BCUT2D eigenvalue weighted by Crippen LogP contribution is -2.17. The first-order chi connectivity index (χ1) is 11.1. The molecule has 0 bridgehead atoms. The highest BCUT2D eigenvalue weighted by Gasteiger charge is 2.28. The highest BCUT2D eigenvalue weighted by molar-refractivity contribution is 5.97. The molecule has 23 heavy (non-hydrogen) atoms. The number of nitrogens with zero attached hydrogens (tertiary/aromatic N) is 2. The van der Waals surface area contributed by atoms with Crippen molar-refractivity contribution in [1.82, 2.24) is 0 Å². The average Bonchev–Trinajstić information content (AvgIpc) is 2.93. The Kier molecular flexibility index (Phi) is 4.16. The van der Waals surface area contributed by atoms with E-state index in [4.69, 9.17) is 4.74 Å². The summed E-state index contributed by atoms with van der Waals surface area (Å²) in [6.07, 6.45) is 1.69. The molecule has 2 aromatic carbocycles. The molecule has 0 radical (unpaired) electrons. The van der Waals surface area contributed by atoms with Gasteiger partial charge in [0, 0.05) is 5.56 Å². The molecule has 0 fully saturated rings. The summed E-state index contributed by atoms with van der Waals surface area (Å²) in [5.74, 6) is 0.662. The number of ether oxygens (including phenoxy) is 1. The second kappa shape index (κ2) is 6.26. The first kappa shape index (κ1) is 15.3. The second-order valence-corrected chi connectivity index (χ2v) is 6.45. The maximum Gasteiger partial charge on any atom is 0.217 e. The third-order valence-corrected chi connectivity index (χ3v) is 4.00. The van der Waals surface area contributed by atoms with Crippen molar-refractivity contribution >= 4 is 5.90 Å². The quantitative estimate of drug-likeness (QED) is 0.860. The van der Waals surface area contributed by atoms with Crippen molar-refractivity contribution in [3.05, 3.63) is 70.8 Å². The van der Waals surface area contributed by atoms with Gasteiger partial charge in [0.15, 0.2) is 0 Å². The molecular weight excluding hydrogens is 284 g/mol. The molecule has 1 aliphatic rings.